The summed E-state index contributed by atoms with van der Waals surface area (Å²) in [5.74, 6) is 4.72. The average Bonchev–Trinajstić information content (AvgIpc) is 3.43. The van der Waals surface area contributed by atoms with E-state index in [1.54, 1.807) is 14.2 Å². The van der Waals surface area contributed by atoms with Crippen LogP contribution in [-0.4, -0.2) is 57.1 Å². The summed E-state index contributed by atoms with van der Waals surface area (Å²) in [5, 5.41) is 5.61. The van der Waals surface area contributed by atoms with E-state index in [1.165, 1.54) is 0 Å². The third-order valence-electron chi connectivity index (χ3n) is 6.37. The first-order valence-electron chi connectivity index (χ1n) is 12.0. The summed E-state index contributed by atoms with van der Waals surface area (Å²) < 4.78 is 17.2. The Balaban J connectivity index is 0.00000336. The zero-order chi connectivity index (χ0) is 25.9. The predicted octanol–water partition coefficient (Wildman–Crippen LogP) is 5.50. The number of H-pyrrole nitrogens is 1. The number of aromatic amines is 1. The molecular formula is C30H31N3O4. The van der Waals surface area contributed by atoms with Crippen LogP contribution >= 0.6 is 0 Å². The highest BCUT2D eigenvalue weighted by Gasteiger charge is 2.32. The minimum atomic E-state index is -0.628. The SMILES string of the molecule is C#CC(O/N=C1/c2cc(OC)c(OC)cc2-c2[nH]c3ccc(OCCN(C)C)cc3c21)c1ccccc1.[HH]. The number of hydrogen-bond donors (Lipinski definition) is 1. The molecule has 1 heterocycles. The van der Waals surface area contributed by atoms with Gasteiger partial charge in [0.15, 0.2) is 11.5 Å². The number of likely N-dealkylation sites (N-methyl/N-ethyl adjacent to an activating group) is 1. The van der Waals surface area contributed by atoms with Gasteiger partial charge >= 0.3 is 0 Å². The maximum absolute atomic E-state index is 6.02. The van der Waals surface area contributed by atoms with E-state index in [2.05, 4.69) is 21.0 Å². The van der Waals surface area contributed by atoms with Crippen LogP contribution < -0.4 is 14.2 Å². The Morgan fingerprint density at radius 2 is 1.73 bits per heavy atom. The number of benzene rings is 3. The third-order valence-corrected chi connectivity index (χ3v) is 6.37. The van der Waals surface area contributed by atoms with E-state index >= 15 is 0 Å². The summed E-state index contributed by atoms with van der Waals surface area (Å²) in [6.07, 6.45) is 5.19. The molecule has 1 N–H and O–H groups in total. The molecule has 7 heteroatoms. The molecule has 0 aliphatic heterocycles. The zero-order valence-corrected chi connectivity index (χ0v) is 21.4. The van der Waals surface area contributed by atoms with Gasteiger partial charge in [0, 0.05) is 41.1 Å². The molecule has 1 aliphatic carbocycles. The summed E-state index contributed by atoms with van der Waals surface area (Å²) in [6.45, 7) is 1.41. The van der Waals surface area contributed by atoms with Gasteiger partial charge in [-0.3, -0.25) is 0 Å². The van der Waals surface area contributed by atoms with Crippen LogP contribution in [-0.2, 0) is 4.84 Å². The van der Waals surface area contributed by atoms with Crippen molar-refractivity contribution in [2.24, 2.45) is 5.16 Å². The van der Waals surface area contributed by atoms with Crippen LogP contribution in [0.3, 0.4) is 0 Å². The molecule has 1 unspecified atom stereocenters. The molecule has 3 aromatic carbocycles. The molecule has 1 aliphatic rings. The molecular weight excluding hydrogens is 466 g/mol. The first kappa shape index (κ1) is 24.3. The van der Waals surface area contributed by atoms with Crippen molar-refractivity contribution in [2.75, 3.05) is 41.5 Å². The van der Waals surface area contributed by atoms with Crippen molar-refractivity contribution in [1.82, 2.24) is 9.88 Å². The van der Waals surface area contributed by atoms with Gasteiger partial charge < -0.3 is 28.9 Å². The molecule has 0 spiro atoms. The molecule has 5 rings (SSSR count). The molecule has 1 atom stereocenters. The van der Waals surface area contributed by atoms with E-state index < -0.39 is 6.10 Å². The second-order valence-electron chi connectivity index (χ2n) is 8.99. The lowest BCUT2D eigenvalue weighted by Gasteiger charge is -2.13. The van der Waals surface area contributed by atoms with Gasteiger partial charge in [-0.15, -0.1) is 6.42 Å². The number of methoxy groups -OCH3 is 2. The molecule has 190 valence electrons. The number of hydrogen-bond acceptors (Lipinski definition) is 6. The Morgan fingerprint density at radius 3 is 2.41 bits per heavy atom. The van der Waals surface area contributed by atoms with Gasteiger partial charge in [-0.05, 0) is 44.4 Å². The number of fused-ring (bicyclic) bond motifs is 5. The Bertz CT molecular complexity index is 1510. The van der Waals surface area contributed by atoms with Crippen LogP contribution in [0.4, 0.5) is 0 Å². The third kappa shape index (κ3) is 4.59. The second-order valence-corrected chi connectivity index (χ2v) is 8.99. The number of rotatable bonds is 9. The normalized spacial score (nSPS) is 13.8. The minimum absolute atomic E-state index is 0. The summed E-state index contributed by atoms with van der Waals surface area (Å²) in [4.78, 5) is 11.6. The van der Waals surface area contributed by atoms with Crippen LogP contribution in [0.1, 0.15) is 24.2 Å². The van der Waals surface area contributed by atoms with Crippen LogP contribution in [0.5, 0.6) is 17.2 Å². The van der Waals surface area contributed by atoms with Crippen molar-refractivity contribution >= 4 is 16.6 Å². The smallest absolute Gasteiger partial charge is 0.212 e. The fraction of sp³-hybridized carbons (Fsp3) is 0.233. The Labute approximate surface area is 218 Å². The molecule has 4 aromatic rings. The van der Waals surface area contributed by atoms with Crippen molar-refractivity contribution < 1.29 is 20.5 Å². The number of aromatic nitrogens is 1. The fourth-order valence-corrected chi connectivity index (χ4v) is 4.49. The molecule has 37 heavy (non-hydrogen) atoms. The van der Waals surface area contributed by atoms with Crippen molar-refractivity contribution in [2.45, 2.75) is 6.10 Å². The molecule has 7 nitrogen and oxygen atoms in total. The first-order chi connectivity index (χ1) is 18.0. The largest absolute Gasteiger partial charge is 0.493 e. The summed E-state index contributed by atoms with van der Waals surface area (Å²) >= 11 is 0. The van der Waals surface area contributed by atoms with Gasteiger partial charge in [0.2, 0.25) is 6.10 Å². The minimum Gasteiger partial charge on any atom is -0.493 e. The van der Waals surface area contributed by atoms with Crippen LogP contribution in [0.25, 0.3) is 22.2 Å². The van der Waals surface area contributed by atoms with Crippen LogP contribution in [0.15, 0.2) is 65.8 Å². The Kier molecular flexibility index (Phi) is 6.76. The molecule has 1 aromatic heterocycles. The van der Waals surface area contributed by atoms with Crippen molar-refractivity contribution in [3.05, 3.63) is 77.4 Å². The van der Waals surface area contributed by atoms with Crippen molar-refractivity contribution in [3.8, 4) is 40.8 Å². The highest BCUT2D eigenvalue weighted by atomic mass is 16.6. The van der Waals surface area contributed by atoms with Crippen LogP contribution in [0, 0.1) is 12.3 Å². The number of nitrogens with one attached hydrogen (secondary N) is 1. The lowest BCUT2D eigenvalue weighted by atomic mass is 10.1. The highest BCUT2D eigenvalue weighted by molar-refractivity contribution is 6.30. The topological polar surface area (TPSA) is 68.3 Å². The molecule has 0 saturated heterocycles. The number of terminal acetylenes is 1. The molecule has 0 amide bonds. The van der Waals surface area contributed by atoms with E-state index in [0.717, 1.165) is 51.1 Å². The number of ether oxygens (including phenoxy) is 3. The lowest BCUT2D eigenvalue weighted by molar-refractivity contribution is 0.100. The second kappa shape index (κ2) is 10.3. The first-order valence-corrected chi connectivity index (χ1v) is 12.0. The molecule has 0 bridgehead atoms. The molecule has 0 saturated carbocycles. The maximum Gasteiger partial charge on any atom is 0.212 e. The summed E-state index contributed by atoms with van der Waals surface area (Å²) in [5.41, 5.74) is 6.14. The Morgan fingerprint density at radius 1 is 1.00 bits per heavy atom. The zero-order valence-electron chi connectivity index (χ0n) is 21.4. The van der Waals surface area contributed by atoms with E-state index in [-0.39, 0.29) is 1.43 Å². The van der Waals surface area contributed by atoms with E-state index in [9.17, 15) is 0 Å². The summed E-state index contributed by atoms with van der Waals surface area (Å²) in [6, 6.07) is 19.5. The number of nitrogens with zero attached hydrogens (tertiary/aromatic N) is 2. The monoisotopic (exact) mass is 497 g/mol. The quantitative estimate of drug-likeness (QED) is 0.215. The van der Waals surface area contributed by atoms with Crippen molar-refractivity contribution in [1.29, 1.82) is 0 Å². The van der Waals surface area contributed by atoms with E-state index in [1.807, 2.05) is 74.8 Å². The van der Waals surface area contributed by atoms with Gasteiger partial charge in [0.05, 0.1) is 19.9 Å². The molecule has 0 fully saturated rings. The summed E-state index contributed by atoms with van der Waals surface area (Å²) in [7, 11) is 7.28. The van der Waals surface area contributed by atoms with Gasteiger partial charge in [0.25, 0.3) is 0 Å². The fourth-order valence-electron chi connectivity index (χ4n) is 4.49. The van der Waals surface area contributed by atoms with Gasteiger partial charge in [-0.25, -0.2) is 0 Å². The number of oxime groups is 1. The standard InChI is InChI=1S/C30H29N3O4.H2/c1-6-25(19-10-8-7-9-11-19)37-32-30-22-18-27(35-5)26(34-4)17-21(22)29-28(30)23-16-20(12-13-24(23)31-29)36-15-14-33(2)3;/h1,7-13,16-18,25,31H,14-15H2,2-5H3;1H/b32-30-;. The Hall–Kier alpha value is -4.41. The van der Waals surface area contributed by atoms with Gasteiger partial charge in [-0.1, -0.05) is 41.4 Å². The average molecular weight is 498 g/mol. The predicted molar refractivity (Wildman–Crippen MR) is 148 cm³/mol. The highest BCUT2D eigenvalue weighted by Crippen LogP contribution is 2.46. The van der Waals surface area contributed by atoms with Gasteiger partial charge in [-0.2, -0.15) is 0 Å². The lowest BCUT2D eigenvalue weighted by Crippen LogP contribution is -2.19. The van der Waals surface area contributed by atoms with Gasteiger partial charge in [0.1, 0.15) is 18.1 Å². The van der Waals surface area contributed by atoms with E-state index in [4.69, 9.17) is 25.5 Å². The van der Waals surface area contributed by atoms with Crippen LogP contribution in [0.2, 0.25) is 0 Å². The molecule has 0 radical (unpaired) electrons. The maximum atomic E-state index is 6.02. The van der Waals surface area contributed by atoms with Crippen molar-refractivity contribution in [3.63, 3.8) is 0 Å². The van der Waals surface area contributed by atoms with E-state index in [0.29, 0.717) is 23.8 Å².